The summed E-state index contributed by atoms with van der Waals surface area (Å²) in [5, 5.41) is 2.53. The van der Waals surface area contributed by atoms with Crippen LogP contribution in [0.5, 0.6) is 0 Å². The van der Waals surface area contributed by atoms with Crippen molar-refractivity contribution in [2.45, 2.75) is 19.8 Å². The molecule has 0 radical (unpaired) electrons. The molecular formula is C15H14O. The van der Waals surface area contributed by atoms with Crippen LogP contribution in [0.3, 0.4) is 0 Å². The minimum absolute atomic E-state index is 0.987. The smallest absolute Gasteiger partial charge is 0.135 e. The van der Waals surface area contributed by atoms with Gasteiger partial charge >= 0.3 is 0 Å². The fourth-order valence-electron chi connectivity index (χ4n) is 2.33. The zero-order valence-electron chi connectivity index (χ0n) is 9.36. The molecule has 1 aromatic heterocycles. The highest BCUT2D eigenvalue weighted by Gasteiger charge is 2.09. The van der Waals surface area contributed by atoms with E-state index in [-0.39, 0.29) is 0 Å². The van der Waals surface area contributed by atoms with Gasteiger partial charge in [0.2, 0.25) is 0 Å². The zero-order chi connectivity index (χ0) is 11.0. The maximum Gasteiger partial charge on any atom is 0.135 e. The Balaban J connectivity index is 2.43. The molecule has 1 nitrogen and oxygen atoms in total. The number of rotatable bonds is 2. The molecule has 0 aliphatic heterocycles. The number of fused-ring (bicyclic) bond motifs is 3. The third-order valence-electron chi connectivity index (χ3n) is 3.01. The standard InChI is InChI=1S/C15H14O/c1-2-6-11-7-5-10-14-15(11)12-8-3-4-9-13(12)16-14/h3-5,7-10H,2,6H2,1H3. The lowest BCUT2D eigenvalue weighted by Gasteiger charge is -2.00. The summed E-state index contributed by atoms with van der Waals surface area (Å²) in [6.45, 7) is 2.21. The van der Waals surface area contributed by atoms with Gasteiger partial charge in [0.25, 0.3) is 0 Å². The zero-order valence-corrected chi connectivity index (χ0v) is 9.36. The first kappa shape index (κ1) is 9.46. The molecule has 80 valence electrons. The Kier molecular flexibility index (Phi) is 2.17. The average Bonchev–Trinajstić information content (AvgIpc) is 2.68. The number of furan rings is 1. The summed E-state index contributed by atoms with van der Waals surface area (Å²) >= 11 is 0. The van der Waals surface area contributed by atoms with Crippen molar-refractivity contribution in [1.29, 1.82) is 0 Å². The topological polar surface area (TPSA) is 13.1 Å². The van der Waals surface area contributed by atoms with E-state index in [1.54, 1.807) is 0 Å². The van der Waals surface area contributed by atoms with Crippen molar-refractivity contribution >= 4 is 21.9 Å². The molecule has 0 fully saturated rings. The third-order valence-corrected chi connectivity index (χ3v) is 3.01. The van der Waals surface area contributed by atoms with Crippen LogP contribution < -0.4 is 0 Å². The van der Waals surface area contributed by atoms with Crippen LogP contribution in [-0.2, 0) is 6.42 Å². The minimum Gasteiger partial charge on any atom is -0.456 e. The van der Waals surface area contributed by atoms with Crippen molar-refractivity contribution in [3.8, 4) is 0 Å². The van der Waals surface area contributed by atoms with Gasteiger partial charge < -0.3 is 4.42 Å². The van der Waals surface area contributed by atoms with Crippen molar-refractivity contribution < 1.29 is 4.42 Å². The Morgan fingerprint density at radius 1 is 0.938 bits per heavy atom. The van der Waals surface area contributed by atoms with Gasteiger partial charge in [-0.05, 0) is 24.1 Å². The van der Waals surface area contributed by atoms with E-state index in [9.17, 15) is 0 Å². The molecule has 0 amide bonds. The predicted octanol–water partition coefficient (Wildman–Crippen LogP) is 4.54. The molecule has 0 aliphatic rings. The molecule has 0 unspecified atom stereocenters. The third kappa shape index (κ3) is 1.32. The first-order valence-electron chi connectivity index (χ1n) is 5.79. The van der Waals surface area contributed by atoms with Gasteiger partial charge in [0.05, 0.1) is 0 Å². The largest absolute Gasteiger partial charge is 0.456 e. The van der Waals surface area contributed by atoms with Gasteiger partial charge in [0, 0.05) is 10.8 Å². The monoisotopic (exact) mass is 210 g/mol. The number of aryl methyl sites for hydroxylation is 1. The minimum atomic E-state index is 0.987. The number of hydrogen-bond acceptors (Lipinski definition) is 1. The highest BCUT2D eigenvalue weighted by atomic mass is 16.3. The Labute approximate surface area is 94.7 Å². The Bertz CT molecular complexity index is 634. The van der Waals surface area contributed by atoms with E-state index >= 15 is 0 Å². The second-order valence-electron chi connectivity index (χ2n) is 4.14. The summed E-state index contributed by atoms with van der Waals surface area (Å²) in [6, 6.07) is 14.6. The van der Waals surface area contributed by atoms with Crippen molar-refractivity contribution in [2.75, 3.05) is 0 Å². The first-order chi connectivity index (χ1) is 7.90. The van der Waals surface area contributed by atoms with Crippen LogP contribution >= 0.6 is 0 Å². The van der Waals surface area contributed by atoms with E-state index < -0.39 is 0 Å². The van der Waals surface area contributed by atoms with Crippen LogP contribution in [0.1, 0.15) is 18.9 Å². The molecule has 0 spiro atoms. The van der Waals surface area contributed by atoms with E-state index in [0.717, 1.165) is 17.6 Å². The highest BCUT2D eigenvalue weighted by molar-refractivity contribution is 6.06. The van der Waals surface area contributed by atoms with Crippen LogP contribution in [0.25, 0.3) is 21.9 Å². The van der Waals surface area contributed by atoms with Crippen LogP contribution in [-0.4, -0.2) is 0 Å². The van der Waals surface area contributed by atoms with Crippen LogP contribution in [0.15, 0.2) is 46.9 Å². The summed E-state index contributed by atoms with van der Waals surface area (Å²) in [5.74, 6) is 0. The maximum atomic E-state index is 5.84. The molecule has 0 N–H and O–H groups in total. The van der Waals surface area contributed by atoms with Crippen molar-refractivity contribution in [1.82, 2.24) is 0 Å². The first-order valence-corrected chi connectivity index (χ1v) is 5.79. The Hall–Kier alpha value is -1.76. The Morgan fingerprint density at radius 3 is 2.62 bits per heavy atom. The lowest BCUT2D eigenvalue weighted by atomic mass is 10.0. The highest BCUT2D eigenvalue weighted by Crippen LogP contribution is 2.31. The van der Waals surface area contributed by atoms with Crippen LogP contribution in [0.4, 0.5) is 0 Å². The van der Waals surface area contributed by atoms with E-state index in [4.69, 9.17) is 4.42 Å². The van der Waals surface area contributed by atoms with E-state index in [0.29, 0.717) is 0 Å². The summed E-state index contributed by atoms with van der Waals surface area (Å²) in [7, 11) is 0. The molecule has 0 atom stereocenters. The number of para-hydroxylation sites is 1. The van der Waals surface area contributed by atoms with E-state index in [2.05, 4.69) is 37.3 Å². The van der Waals surface area contributed by atoms with Crippen molar-refractivity contribution in [2.24, 2.45) is 0 Å². The van der Waals surface area contributed by atoms with Gasteiger partial charge in [0.15, 0.2) is 0 Å². The van der Waals surface area contributed by atoms with Crippen LogP contribution in [0, 0.1) is 0 Å². The fourth-order valence-corrected chi connectivity index (χ4v) is 2.33. The maximum absolute atomic E-state index is 5.84. The summed E-state index contributed by atoms with van der Waals surface area (Å²) in [5.41, 5.74) is 3.39. The molecule has 2 aromatic carbocycles. The van der Waals surface area contributed by atoms with Gasteiger partial charge in [-0.15, -0.1) is 0 Å². The van der Waals surface area contributed by atoms with E-state index in [1.165, 1.54) is 22.8 Å². The summed E-state index contributed by atoms with van der Waals surface area (Å²) < 4.78 is 5.84. The van der Waals surface area contributed by atoms with Gasteiger partial charge in [-0.3, -0.25) is 0 Å². The quantitative estimate of drug-likeness (QED) is 0.605. The van der Waals surface area contributed by atoms with Crippen LogP contribution in [0.2, 0.25) is 0 Å². The van der Waals surface area contributed by atoms with Crippen molar-refractivity contribution in [3.63, 3.8) is 0 Å². The lowest BCUT2D eigenvalue weighted by Crippen LogP contribution is -1.83. The number of benzene rings is 2. The van der Waals surface area contributed by atoms with Gasteiger partial charge in [0.1, 0.15) is 11.2 Å². The molecule has 0 aliphatic carbocycles. The Morgan fingerprint density at radius 2 is 1.75 bits per heavy atom. The van der Waals surface area contributed by atoms with Gasteiger partial charge in [-0.1, -0.05) is 43.7 Å². The average molecular weight is 210 g/mol. The number of hydrogen-bond donors (Lipinski definition) is 0. The van der Waals surface area contributed by atoms with Crippen molar-refractivity contribution in [3.05, 3.63) is 48.0 Å². The van der Waals surface area contributed by atoms with Gasteiger partial charge in [-0.2, -0.15) is 0 Å². The molecular weight excluding hydrogens is 196 g/mol. The second-order valence-corrected chi connectivity index (χ2v) is 4.14. The van der Waals surface area contributed by atoms with E-state index in [1.807, 2.05) is 12.1 Å². The SMILES string of the molecule is CCCc1cccc2oc3ccccc3c12. The van der Waals surface area contributed by atoms with Gasteiger partial charge in [-0.25, -0.2) is 0 Å². The predicted molar refractivity (Wildman–Crippen MR) is 67.7 cm³/mol. The molecule has 0 bridgehead atoms. The molecule has 0 saturated carbocycles. The fraction of sp³-hybridized carbons (Fsp3) is 0.200. The molecule has 1 heterocycles. The molecule has 16 heavy (non-hydrogen) atoms. The lowest BCUT2D eigenvalue weighted by molar-refractivity contribution is 0.668. The molecule has 3 aromatic rings. The molecule has 1 heteroatoms. The molecule has 0 saturated heterocycles. The summed E-state index contributed by atoms with van der Waals surface area (Å²) in [4.78, 5) is 0. The second kappa shape index (κ2) is 3.67. The molecule has 3 rings (SSSR count). The summed E-state index contributed by atoms with van der Waals surface area (Å²) in [6.07, 6.45) is 2.28. The normalized spacial score (nSPS) is 11.3.